The minimum Gasteiger partial charge on any atom is -0.472 e. The van der Waals surface area contributed by atoms with Crippen LogP contribution >= 0.6 is 27.3 Å². The fraction of sp³-hybridized carbons (Fsp3) is 0.273. The van der Waals surface area contributed by atoms with Gasteiger partial charge in [-0.3, -0.25) is 0 Å². The highest BCUT2D eigenvalue weighted by atomic mass is 79.9. The lowest BCUT2D eigenvalue weighted by Gasteiger charge is -2.12. The van der Waals surface area contributed by atoms with Crippen molar-refractivity contribution in [1.29, 1.82) is 0 Å². The molecule has 0 aliphatic carbocycles. The zero-order valence-corrected chi connectivity index (χ0v) is 10.8. The fourth-order valence-corrected chi connectivity index (χ4v) is 3.05. The minimum atomic E-state index is 0.328. The predicted molar refractivity (Wildman–Crippen MR) is 66.2 cm³/mol. The van der Waals surface area contributed by atoms with E-state index in [1.165, 1.54) is 14.2 Å². The largest absolute Gasteiger partial charge is 0.472 e. The first-order chi connectivity index (χ1) is 7.29. The third-order valence-electron chi connectivity index (χ3n) is 2.33. The summed E-state index contributed by atoms with van der Waals surface area (Å²) in [7, 11) is 1.97. The van der Waals surface area contributed by atoms with Crippen molar-refractivity contribution in [2.75, 3.05) is 7.05 Å². The van der Waals surface area contributed by atoms with Gasteiger partial charge in [0.25, 0.3) is 0 Å². The van der Waals surface area contributed by atoms with Crippen LogP contribution in [0.1, 0.15) is 16.5 Å². The van der Waals surface area contributed by atoms with Crippen molar-refractivity contribution in [1.82, 2.24) is 5.32 Å². The molecule has 0 amide bonds. The second kappa shape index (κ2) is 4.96. The van der Waals surface area contributed by atoms with E-state index in [-0.39, 0.29) is 0 Å². The minimum absolute atomic E-state index is 0.328. The van der Waals surface area contributed by atoms with Crippen molar-refractivity contribution < 1.29 is 4.42 Å². The Labute approximate surface area is 101 Å². The van der Waals surface area contributed by atoms with Crippen LogP contribution in [0.25, 0.3) is 0 Å². The van der Waals surface area contributed by atoms with Gasteiger partial charge >= 0.3 is 0 Å². The van der Waals surface area contributed by atoms with Crippen molar-refractivity contribution >= 4 is 27.3 Å². The Morgan fingerprint density at radius 3 is 2.87 bits per heavy atom. The second-order valence-electron chi connectivity index (χ2n) is 3.31. The van der Waals surface area contributed by atoms with Crippen molar-refractivity contribution in [3.63, 3.8) is 0 Å². The van der Waals surface area contributed by atoms with E-state index in [1.807, 2.05) is 13.1 Å². The van der Waals surface area contributed by atoms with E-state index in [0.29, 0.717) is 6.04 Å². The van der Waals surface area contributed by atoms with Gasteiger partial charge in [-0.25, -0.2) is 0 Å². The fourth-order valence-electron chi connectivity index (χ4n) is 1.52. The standard InChI is InChI=1S/C11H12BrNOS/c1-13-10(8-4-5-14-7-8)6-9-2-3-11(12)15-9/h2-5,7,10,13H,6H2,1H3. The third kappa shape index (κ3) is 2.71. The molecule has 0 aliphatic heterocycles. The molecule has 2 nitrogen and oxygen atoms in total. The molecular formula is C11H12BrNOS. The number of likely N-dealkylation sites (N-methyl/N-ethyl adjacent to an activating group) is 1. The predicted octanol–water partition coefficient (Wildman–Crippen LogP) is 3.61. The Balaban J connectivity index is 2.09. The van der Waals surface area contributed by atoms with Gasteiger partial charge in [0.1, 0.15) is 0 Å². The SMILES string of the molecule is CNC(Cc1ccc(Br)s1)c1ccoc1. The molecule has 1 N–H and O–H groups in total. The Morgan fingerprint density at radius 2 is 2.33 bits per heavy atom. The van der Waals surface area contributed by atoms with Gasteiger partial charge in [0.05, 0.1) is 16.3 Å². The first-order valence-corrected chi connectivity index (χ1v) is 6.34. The number of hydrogen-bond acceptors (Lipinski definition) is 3. The van der Waals surface area contributed by atoms with Crippen molar-refractivity contribution in [3.8, 4) is 0 Å². The van der Waals surface area contributed by atoms with Gasteiger partial charge in [0, 0.05) is 22.9 Å². The van der Waals surface area contributed by atoms with E-state index in [2.05, 4.69) is 33.4 Å². The Morgan fingerprint density at radius 1 is 1.47 bits per heavy atom. The van der Waals surface area contributed by atoms with Crippen molar-refractivity contribution in [2.45, 2.75) is 12.5 Å². The van der Waals surface area contributed by atoms with Gasteiger partial charge in [-0.15, -0.1) is 11.3 Å². The molecule has 2 aromatic rings. The molecule has 0 saturated heterocycles. The molecule has 2 rings (SSSR count). The summed E-state index contributed by atoms with van der Waals surface area (Å²) in [6.45, 7) is 0. The van der Waals surface area contributed by atoms with Crippen LogP contribution in [0.5, 0.6) is 0 Å². The zero-order valence-electron chi connectivity index (χ0n) is 8.37. The van der Waals surface area contributed by atoms with E-state index in [4.69, 9.17) is 4.42 Å². The van der Waals surface area contributed by atoms with Gasteiger partial charge in [-0.1, -0.05) is 0 Å². The van der Waals surface area contributed by atoms with Crippen LogP contribution < -0.4 is 5.32 Å². The van der Waals surface area contributed by atoms with Crippen LogP contribution in [0.15, 0.2) is 38.9 Å². The molecule has 0 aromatic carbocycles. The lowest BCUT2D eigenvalue weighted by atomic mass is 10.1. The average Bonchev–Trinajstić information content (AvgIpc) is 2.85. The number of halogens is 1. The normalized spacial score (nSPS) is 12.9. The van der Waals surface area contributed by atoms with Crippen LogP contribution in [0.4, 0.5) is 0 Å². The zero-order chi connectivity index (χ0) is 10.7. The first kappa shape index (κ1) is 10.9. The molecule has 0 spiro atoms. The lowest BCUT2D eigenvalue weighted by molar-refractivity contribution is 0.543. The van der Waals surface area contributed by atoms with Crippen LogP contribution in [-0.4, -0.2) is 7.05 Å². The number of furan rings is 1. The Kier molecular flexibility index (Phi) is 3.61. The summed E-state index contributed by atoms with van der Waals surface area (Å²) in [5.41, 5.74) is 1.20. The molecule has 0 aliphatic rings. The van der Waals surface area contributed by atoms with Gasteiger partial charge < -0.3 is 9.73 Å². The van der Waals surface area contributed by atoms with Crippen LogP contribution in [0.2, 0.25) is 0 Å². The van der Waals surface area contributed by atoms with E-state index in [9.17, 15) is 0 Å². The Bertz CT molecular complexity index is 410. The molecule has 0 radical (unpaired) electrons. The smallest absolute Gasteiger partial charge is 0.0950 e. The molecule has 4 heteroatoms. The third-order valence-corrected chi connectivity index (χ3v) is 3.97. The first-order valence-electron chi connectivity index (χ1n) is 4.73. The molecular weight excluding hydrogens is 274 g/mol. The summed E-state index contributed by atoms with van der Waals surface area (Å²) in [5.74, 6) is 0. The van der Waals surface area contributed by atoms with Crippen LogP contribution in [0, 0.1) is 0 Å². The molecule has 0 fully saturated rings. The summed E-state index contributed by atoms with van der Waals surface area (Å²) >= 11 is 5.25. The Hall–Kier alpha value is -0.580. The van der Waals surface area contributed by atoms with Gasteiger partial charge in [0.15, 0.2) is 0 Å². The second-order valence-corrected chi connectivity index (χ2v) is 5.86. The summed E-state index contributed by atoms with van der Waals surface area (Å²) < 4.78 is 6.27. The molecule has 2 heterocycles. The molecule has 15 heavy (non-hydrogen) atoms. The summed E-state index contributed by atoms with van der Waals surface area (Å²) in [4.78, 5) is 1.36. The summed E-state index contributed by atoms with van der Waals surface area (Å²) in [5, 5.41) is 3.29. The van der Waals surface area contributed by atoms with Crippen LogP contribution in [-0.2, 0) is 6.42 Å². The van der Waals surface area contributed by atoms with Gasteiger partial charge in [-0.2, -0.15) is 0 Å². The highest BCUT2D eigenvalue weighted by molar-refractivity contribution is 9.11. The van der Waals surface area contributed by atoms with E-state index in [1.54, 1.807) is 23.9 Å². The number of nitrogens with one attached hydrogen (secondary N) is 1. The van der Waals surface area contributed by atoms with Crippen LogP contribution in [0.3, 0.4) is 0 Å². The van der Waals surface area contributed by atoms with Crippen molar-refractivity contribution in [2.24, 2.45) is 0 Å². The molecule has 1 unspecified atom stereocenters. The molecule has 2 aromatic heterocycles. The maximum Gasteiger partial charge on any atom is 0.0950 e. The molecule has 0 saturated carbocycles. The van der Waals surface area contributed by atoms with E-state index >= 15 is 0 Å². The quantitative estimate of drug-likeness (QED) is 0.929. The number of thiophene rings is 1. The maximum atomic E-state index is 5.09. The maximum absolute atomic E-state index is 5.09. The topological polar surface area (TPSA) is 25.2 Å². The summed E-state index contributed by atoms with van der Waals surface area (Å²) in [6.07, 6.45) is 4.50. The molecule has 80 valence electrons. The van der Waals surface area contributed by atoms with Crippen molar-refractivity contribution in [3.05, 3.63) is 45.0 Å². The lowest BCUT2D eigenvalue weighted by Crippen LogP contribution is -2.17. The van der Waals surface area contributed by atoms with E-state index in [0.717, 1.165) is 6.42 Å². The monoisotopic (exact) mass is 285 g/mol. The van der Waals surface area contributed by atoms with E-state index < -0.39 is 0 Å². The van der Waals surface area contributed by atoms with Gasteiger partial charge in [-0.05, 0) is 41.2 Å². The highest BCUT2D eigenvalue weighted by Crippen LogP contribution is 2.26. The van der Waals surface area contributed by atoms with Gasteiger partial charge in [0.2, 0.25) is 0 Å². The average molecular weight is 286 g/mol. The summed E-state index contributed by atoms with van der Waals surface area (Å²) in [6, 6.07) is 6.57. The number of hydrogen-bond donors (Lipinski definition) is 1. The molecule has 0 bridgehead atoms. The number of rotatable bonds is 4. The molecule has 1 atom stereocenters. The highest BCUT2D eigenvalue weighted by Gasteiger charge is 2.12.